The van der Waals surface area contributed by atoms with Crippen molar-refractivity contribution in [3.63, 3.8) is 0 Å². The SMILES string of the molecule is COc1ccc(-c2ccc(C#N)c(N[C@H](C)c3ccccc3)[nH+]2)cc1. The van der Waals surface area contributed by atoms with Gasteiger partial charge in [0.15, 0.2) is 0 Å². The number of methoxy groups -OCH3 is 1. The number of ether oxygens (including phenoxy) is 1. The minimum absolute atomic E-state index is 0.0793. The fourth-order valence-corrected chi connectivity index (χ4v) is 2.68. The van der Waals surface area contributed by atoms with Gasteiger partial charge in [0, 0.05) is 5.56 Å². The monoisotopic (exact) mass is 330 g/mol. The molecular weight excluding hydrogens is 310 g/mol. The molecule has 4 heteroatoms. The number of aromatic amines is 1. The first-order valence-electron chi connectivity index (χ1n) is 8.13. The molecule has 0 radical (unpaired) electrons. The Morgan fingerprint density at radius 2 is 1.72 bits per heavy atom. The van der Waals surface area contributed by atoms with Crippen molar-refractivity contribution < 1.29 is 9.72 Å². The smallest absolute Gasteiger partial charge is 0.291 e. The lowest BCUT2D eigenvalue weighted by atomic mass is 10.1. The number of nitrogens with zero attached hydrogens (tertiary/aromatic N) is 1. The first-order valence-corrected chi connectivity index (χ1v) is 8.13. The van der Waals surface area contributed by atoms with Crippen LogP contribution in [-0.2, 0) is 0 Å². The molecule has 0 fully saturated rings. The summed E-state index contributed by atoms with van der Waals surface area (Å²) in [6.07, 6.45) is 0. The molecule has 2 aromatic carbocycles. The minimum atomic E-state index is 0.0793. The molecule has 0 unspecified atom stereocenters. The maximum Gasteiger partial charge on any atom is 0.291 e. The number of benzene rings is 2. The molecule has 2 N–H and O–H groups in total. The molecule has 4 nitrogen and oxygen atoms in total. The first-order chi connectivity index (χ1) is 12.2. The van der Waals surface area contributed by atoms with E-state index in [4.69, 9.17) is 4.74 Å². The van der Waals surface area contributed by atoms with E-state index in [1.807, 2.05) is 54.6 Å². The van der Waals surface area contributed by atoms with E-state index in [0.29, 0.717) is 11.4 Å². The number of nitriles is 1. The third-order valence-corrected chi connectivity index (χ3v) is 4.13. The van der Waals surface area contributed by atoms with Crippen LogP contribution in [0.15, 0.2) is 66.7 Å². The van der Waals surface area contributed by atoms with Crippen molar-refractivity contribution in [2.24, 2.45) is 0 Å². The van der Waals surface area contributed by atoms with Crippen LogP contribution in [0.2, 0.25) is 0 Å². The number of anilines is 1. The molecule has 0 aliphatic heterocycles. The number of hydrogen-bond donors (Lipinski definition) is 1. The van der Waals surface area contributed by atoms with Gasteiger partial charge in [0.2, 0.25) is 0 Å². The van der Waals surface area contributed by atoms with Crippen molar-refractivity contribution in [3.8, 4) is 23.1 Å². The van der Waals surface area contributed by atoms with Crippen LogP contribution in [0.25, 0.3) is 11.3 Å². The summed E-state index contributed by atoms with van der Waals surface area (Å²) in [6.45, 7) is 2.07. The van der Waals surface area contributed by atoms with E-state index in [0.717, 1.165) is 22.6 Å². The molecule has 25 heavy (non-hydrogen) atoms. The maximum atomic E-state index is 9.41. The third kappa shape index (κ3) is 3.78. The fourth-order valence-electron chi connectivity index (χ4n) is 2.68. The van der Waals surface area contributed by atoms with Crippen molar-refractivity contribution in [2.45, 2.75) is 13.0 Å². The predicted octanol–water partition coefficient (Wildman–Crippen LogP) is 4.22. The van der Waals surface area contributed by atoms with Crippen LogP contribution in [0, 0.1) is 11.3 Å². The maximum absolute atomic E-state index is 9.41. The molecule has 1 atom stereocenters. The van der Waals surface area contributed by atoms with E-state index in [-0.39, 0.29) is 6.04 Å². The molecule has 0 aliphatic rings. The van der Waals surface area contributed by atoms with E-state index in [1.54, 1.807) is 7.11 Å². The second-order valence-corrected chi connectivity index (χ2v) is 5.78. The van der Waals surface area contributed by atoms with Crippen LogP contribution in [0.1, 0.15) is 24.1 Å². The van der Waals surface area contributed by atoms with Crippen molar-refractivity contribution in [1.82, 2.24) is 0 Å². The number of pyridine rings is 1. The summed E-state index contributed by atoms with van der Waals surface area (Å²) in [4.78, 5) is 3.34. The van der Waals surface area contributed by atoms with E-state index in [1.165, 1.54) is 0 Å². The average molecular weight is 330 g/mol. The molecule has 0 amide bonds. The molecule has 0 saturated heterocycles. The fraction of sp³-hybridized carbons (Fsp3) is 0.143. The van der Waals surface area contributed by atoms with Gasteiger partial charge in [0.05, 0.1) is 7.11 Å². The summed E-state index contributed by atoms with van der Waals surface area (Å²) in [7, 11) is 1.65. The lowest BCUT2D eigenvalue weighted by molar-refractivity contribution is -0.348. The third-order valence-electron chi connectivity index (χ3n) is 4.13. The van der Waals surface area contributed by atoms with Gasteiger partial charge in [-0.05, 0) is 48.9 Å². The van der Waals surface area contributed by atoms with Gasteiger partial charge in [0.25, 0.3) is 5.82 Å². The van der Waals surface area contributed by atoms with E-state index >= 15 is 0 Å². The number of hydrogen-bond acceptors (Lipinski definition) is 3. The lowest BCUT2D eigenvalue weighted by Gasteiger charge is -2.11. The van der Waals surface area contributed by atoms with Gasteiger partial charge in [-0.25, -0.2) is 4.98 Å². The summed E-state index contributed by atoms with van der Waals surface area (Å²) in [6, 6.07) is 24.0. The molecule has 3 rings (SSSR count). The zero-order valence-electron chi connectivity index (χ0n) is 14.3. The number of aromatic nitrogens is 1. The Labute approximate surface area is 147 Å². The second-order valence-electron chi connectivity index (χ2n) is 5.78. The molecule has 0 aliphatic carbocycles. The van der Waals surface area contributed by atoms with Gasteiger partial charge in [-0.1, -0.05) is 30.3 Å². The molecule has 1 aromatic heterocycles. The molecular formula is C21H20N3O+. The summed E-state index contributed by atoms with van der Waals surface area (Å²) < 4.78 is 5.20. The molecule has 3 aromatic rings. The Hall–Kier alpha value is -3.32. The van der Waals surface area contributed by atoms with Crippen molar-refractivity contribution in [2.75, 3.05) is 12.4 Å². The molecule has 0 spiro atoms. The van der Waals surface area contributed by atoms with Crippen LogP contribution in [0.3, 0.4) is 0 Å². The first kappa shape index (κ1) is 16.5. The minimum Gasteiger partial charge on any atom is -0.497 e. The van der Waals surface area contributed by atoms with Gasteiger partial charge < -0.3 is 4.74 Å². The van der Waals surface area contributed by atoms with Crippen LogP contribution < -0.4 is 15.0 Å². The highest BCUT2D eigenvalue weighted by Gasteiger charge is 2.17. The predicted molar refractivity (Wildman–Crippen MR) is 98.2 cm³/mol. The van der Waals surface area contributed by atoms with Gasteiger partial charge in [-0.2, -0.15) is 5.26 Å². The van der Waals surface area contributed by atoms with Gasteiger partial charge in [-0.3, -0.25) is 5.32 Å². The van der Waals surface area contributed by atoms with E-state index < -0.39 is 0 Å². The second kappa shape index (κ2) is 7.50. The lowest BCUT2D eigenvalue weighted by Crippen LogP contribution is -2.19. The zero-order chi connectivity index (χ0) is 17.6. The Bertz CT molecular complexity index is 883. The van der Waals surface area contributed by atoms with Crippen molar-refractivity contribution in [3.05, 3.63) is 77.9 Å². The summed E-state index contributed by atoms with van der Waals surface area (Å²) in [5.74, 6) is 1.53. The number of rotatable bonds is 5. The highest BCUT2D eigenvalue weighted by atomic mass is 16.5. The highest BCUT2D eigenvalue weighted by Crippen LogP contribution is 2.23. The Morgan fingerprint density at radius 3 is 2.36 bits per heavy atom. The van der Waals surface area contributed by atoms with Crippen LogP contribution in [-0.4, -0.2) is 7.11 Å². The largest absolute Gasteiger partial charge is 0.497 e. The topological polar surface area (TPSA) is 59.2 Å². The Balaban J connectivity index is 1.91. The van der Waals surface area contributed by atoms with Gasteiger partial charge >= 0.3 is 0 Å². The normalized spacial score (nSPS) is 11.4. The Morgan fingerprint density at radius 1 is 1.00 bits per heavy atom. The average Bonchev–Trinajstić information content (AvgIpc) is 2.68. The molecule has 0 saturated carbocycles. The van der Waals surface area contributed by atoms with E-state index in [9.17, 15) is 5.26 Å². The summed E-state index contributed by atoms with van der Waals surface area (Å²) in [5, 5.41) is 12.8. The van der Waals surface area contributed by atoms with Crippen LogP contribution >= 0.6 is 0 Å². The van der Waals surface area contributed by atoms with Gasteiger partial charge in [0.1, 0.15) is 29.1 Å². The Kier molecular flexibility index (Phi) is 4.96. The summed E-state index contributed by atoms with van der Waals surface area (Å²) in [5.41, 5.74) is 3.71. The van der Waals surface area contributed by atoms with Gasteiger partial charge in [-0.15, -0.1) is 0 Å². The standard InChI is InChI=1S/C21H19N3O/c1-15(16-6-4-3-5-7-16)23-21-18(14-22)10-13-20(24-21)17-8-11-19(25-2)12-9-17/h3-13,15H,1-2H3,(H,23,24)/p+1/t15-/m1/s1. The quantitative estimate of drug-likeness (QED) is 0.762. The van der Waals surface area contributed by atoms with Crippen molar-refractivity contribution >= 4 is 5.82 Å². The zero-order valence-corrected chi connectivity index (χ0v) is 14.3. The van der Waals surface area contributed by atoms with Crippen molar-refractivity contribution in [1.29, 1.82) is 5.26 Å². The molecule has 1 heterocycles. The molecule has 0 bridgehead atoms. The van der Waals surface area contributed by atoms with Crippen LogP contribution in [0.4, 0.5) is 5.82 Å². The summed E-state index contributed by atoms with van der Waals surface area (Å²) >= 11 is 0. The van der Waals surface area contributed by atoms with Crippen LogP contribution in [0.5, 0.6) is 5.75 Å². The number of nitrogens with one attached hydrogen (secondary N) is 2. The number of H-pyrrole nitrogens is 1. The molecule has 124 valence electrons. The van der Waals surface area contributed by atoms with E-state index in [2.05, 4.69) is 35.4 Å². The highest BCUT2D eigenvalue weighted by molar-refractivity contribution is 5.60.